The molecule has 0 bridgehead atoms. The van der Waals surface area contributed by atoms with E-state index in [1.807, 2.05) is 60.7 Å². The lowest BCUT2D eigenvalue weighted by Gasteiger charge is -2.33. The number of hydrogen-bond donors (Lipinski definition) is 5. The van der Waals surface area contributed by atoms with Crippen LogP contribution in [-0.2, 0) is 20.9 Å². The first-order valence-electron chi connectivity index (χ1n) is 13.0. The van der Waals surface area contributed by atoms with Crippen LogP contribution in [0.15, 0.2) is 78.9 Å². The molecule has 4 rings (SSSR count). The Labute approximate surface area is 231 Å². The van der Waals surface area contributed by atoms with E-state index in [1.165, 1.54) is 17.0 Å². The average Bonchev–Trinajstić information content (AvgIpc) is 3.44. The topological polar surface area (TPSA) is 149 Å². The van der Waals surface area contributed by atoms with Crippen molar-refractivity contribution >= 4 is 23.6 Å². The SMILES string of the molecule is N=C(N)c1ccc(CNC(=O)[C@@H]2CCCN2C(=O)[C@H](NCC(=O)O)C(c2ccccc2)c2ccccc2)cc1F. The quantitative estimate of drug-likeness (QED) is 0.185. The van der Waals surface area contributed by atoms with E-state index < -0.39 is 36.3 Å². The third kappa shape index (κ3) is 6.70. The van der Waals surface area contributed by atoms with Crippen LogP contribution in [0.3, 0.4) is 0 Å². The standard InChI is InChI=1S/C30H32FN5O4/c31-23-16-19(13-14-22(23)28(32)33)17-35-29(39)24-12-7-15-36(24)30(40)27(34-18-25(37)38)26(20-8-3-1-4-9-20)21-10-5-2-6-11-21/h1-6,8-11,13-14,16,24,26-27,34H,7,12,15,17-18H2,(H3,32,33)(H,35,39)(H,37,38)/t24-,27+/m0/s1. The molecule has 0 radical (unpaired) electrons. The van der Waals surface area contributed by atoms with Gasteiger partial charge in [-0.2, -0.15) is 0 Å². The van der Waals surface area contributed by atoms with E-state index in [4.69, 9.17) is 11.1 Å². The molecule has 0 saturated carbocycles. The zero-order valence-electron chi connectivity index (χ0n) is 21.8. The zero-order chi connectivity index (χ0) is 28.6. The Balaban J connectivity index is 1.57. The number of rotatable bonds is 11. The van der Waals surface area contributed by atoms with Gasteiger partial charge < -0.3 is 21.1 Å². The van der Waals surface area contributed by atoms with Crippen LogP contribution in [0.4, 0.5) is 4.39 Å². The predicted octanol–water partition coefficient (Wildman–Crippen LogP) is 2.59. The molecule has 3 aromatic carbocycles. The number of benzene rings is 3. The maximum absolute atomic E-state index is 14.2. The number of carbonyl (C=O) groups is 3. The summed E-state index contributed by atoms with van der Waals surface area (Å²) in [5.74, 6) is -3.39. The first-order valence-corrected chi connectivity index (χ1v) is 13.0. The lowest BCUT2D eigenvalue weighted by Crippen LogP contribution is -2.55. The van der Waals surface area contributed by atoms with Crippen LogP contribution in [0.2, 0.25) is 0 Å². The second kappa shape index (κ2) is 13.0. The van der Waals surface area contributed by atoms with Gasteiger partial charge in [0.1, 0.15) is 17.7 Å². The van der Waals surface area contributed by atoms with Crippen molar-refractivity contribution < 1.29 is 23.9 Å². The van der Waals surface area contributed by atoms with Crippen LogP contribution >= 0.6 is 0 Å². The summed E-state index contributed by atoms with van der Waals surface area (Å²) in [6.45, 7) is -0.0523. The highest BCUT2D eigenvalue weighted by molar-refractivity contribution is 5.95. The Morgan fingerprint density at radius 3 is 2.20 bits per heavy atom. The van der Waals surface area contributed by atoms with Crippen LogP contribution in [0.5, 0.6) is 0 Å². The molecule has 1 fully saturated rings. The van der Waals surface area contributed by atoms with E-state index in [2.05, 4.69) is 10.6 Å². The third-order valence-electron chi connectivity index (χ3n) is 7.02. The first-order chi connectivity index (χ1) is 19.3. The maximum atomic E-state index is 14.2. The van der Waals surface area contributed by atoms with Crippen molar-refractivity contribution in [2.45, 2.75) is 37.4 Å². The van der Waals surface area contributed by atoms with E-state index >= 15 is 0 Å². The van der Waals surface area contributed by atoms with Crippen LogP contribution in [0.25, 0.3) is 0 Å². The van der Waals surface area contributed by atoms with Crippen LogP contribution < -0.4 is 16.4 Å². The number of carboxylic acids is 1. The van der Waals surface area contributed by atoms with Crippen molar-refractivity contribution in [2.24, 2.45) is 5.73 Å². The molecule has 3 aromatic rings. The average molecular weight is 546 g/mol. The summed E-state index contributed by atoms with van der Waals surface area (Å²) in [6, 6.07) is 21.2. The number of nitrogen functional groups attached to an aromatic ring is 1. The van der Waals surface area contributed by atoms with Crippen molar-refractivity contribution in [3.05, 3.63) is 107 Å². The van der Waals surface area contributed by atoms with Gasteiger partial charge >= 0.3 is 5.97 Å². The fourth-order valence-electron chi connectivity index (χ4n) is 5.12. The molecule has 40 heavy (non-hydrogen) atoms. The summed E-state index contributed by atoms with van der Waals surface area (Å²) in [7, 11) is 0. The number of amidine groups is 1. The monoisotopic (exact) mass is 545 g/mol. The highest BCUT2D eigenvalue weighted by Crippen LogP contribution is 2.31. The van der Waals surface area contributed by atoms with Gasteiger partial charge in [-0.3, -0.25) is 25.1 Å². The van der Waals surface area contributed by atoms with Gasteiger partial charge in [-0.15, -0.1) is 0 Å². The largest absolute Gasteiger partial charge is 0.480 e. The third-order valence-corrected chi connectivity index (χ3v) is 7.02. The molecule has 10 heteroatoms. The minimum Gasteiger partial charge on any atom is -0.480 e. The normalized spacial score (nSPS) is 15.6. The Hall–Kier alpha value is -4.57. The number of amides is 2. The highest BCUT2D eigenvalue weighted by atomic mass is 19.1. The molecule has 6 N–H and O–H groups in total. The highest BCUT2D eigenvalue weighted by Gasteiger charge is 2.40. The zero-order valence-corrected chi connectivity index (χ0v) is 21.8. The fraction of sp³-hybridized carbons (Fsp3) is 0.267. The van der Waals surface area contributed by atoms with Gasteiger partial charge in [0, 0.05) is 19.0 Å². The van der Waals surface area contributed by atoms with Gasteiger partial charge in [-0.05, 0) is 41.7 Å². The molecule has 1 saturated heterocycles. The number of carboxylic acid groups (broad SMARTS) is 1. The molecule has 2 amide bonds. The van der Waals surface area contributed by atoms with E-state index in [0.717, 1.165) is 11.1 Å². The molecule has 2 atom stereocenters. The molecule has 208 valence electrons. The van der Waals surface area contributed by atoms with E-state index in [9.17, 15) is 23.9 Å². The van der Waals surface area contributed by atoms with Crippen LogP contribution in [0.1, 0.15) is 41.0 Å². The molecule has 1 heterocycles. The number of nitrogens with two attached hydrogens (primary N) is 1. The number of hydrogen-bond acceptors (Lipinski definition) is 5. The summed E-state index contributed by atoms with van der Waals surface area (Å²) in [6.07, 6.45) is 1.06. The molecular formula is C30H32FN5O4. The molecule has 0 aromatic heterocycles. The van der Waals surface area contributed by atoms with Gasteiger partial charge in [0.2, 0.25) is 11.8 Å². The molecule has 9 nitrogen and oxygen atoms in total. The summed E-state index contributed by atoms with van der Waals surface area (Å²) < 4.78 is 14.2. The second-order valence-corrected chi connectivity index (χ2v) is 9.69. The van der Waals surface area contributed by atoms with E-state index in [-0.39, 0.29) is 29.8 Å². The van der Waals surface area contributed by atoms with Crippen molar-refractivity contribution in [3.8, 4) is 0 Å². The summed E-state index contributed by atoms with van der Waals surface area (Å²) in [4.78, 5) is 40.3. The fourth-order valence-corrected chi connectivity index (χ4v) is 5.12. The van der Waals surface area contributed by atoms with Crippen molar-refractivity contribution in [1.29, 1.82) is 5.41 Å². The molecular weight excluding hydrogens is 513 g/mol. The van der Waals surface area contributed by atoms with E-state index in [1.54, 1.807) is 6.07 Å². The Morgan fingerprint density at radius 1 is 1.02 bits per heavy atom. The predicted molar refractivity (Wildman–Crippen MR) is 148 cm³/mol. The first kappa shape index (κ1) is 28.4. The minimum absolute atomic E-state index is 0.0195. The van der Waals surface area contributed by atoms with Gasteiger partial charge in [0.05, 0.1) is 18.2 Å². The molecule has 0 unspecified atom stereocenters. The number of nitrogens with zero attached hydrogens (tertiary/aromatic N) is 1. The smallest absolute Gasteiger partial charge is 0.317 e. The molecule has 0 spiro atoms. The van der Waals surface area contributed by atoms with Gasteiger partial charge in [0.15, 0.2) is 0 Å². The van der Waals surface area contributed by atoms with Crippen LogP contribution in [0, 0.1) is 11.2 Å². The lowest BCUT2D eigenvalue weighted by atomic mass is 9.84. The second-order valence-electron chi connectivity index (χ2n) is 9.69. The lowest BCUT2D eigenvalue weighted by molar-refractivity contribution is -0.141. The van der Waals surface area contributed by atoms with Crippen LogP contribution in [-0.4, -0.2) is 58.8 Å². The number of halogens is 1. The molecule has 1 aliphatic rings. The van der Waals surface area contributed by atoms with Gasteiger partial charge in [-0.1, -0.05) is 66.7 Å². The van der Waals surface area contributed by atoms with Gasteiger partial charge in [-0.25, -0.2) is 4.39 Å². The minimum atomic E-state index is -1.10. The summed E-state index contributed by atoms with van der Waals surface area (Å²) in [5.41, 5.74) is 7.51. The van der Waals surface area contributed by atoms with Gasteiger partial charge in [0.25, 0.3) is 0 Å². The van der Waals surface area contributed by atoms with E-state index in [0.29, 0.717) is 24.9 Å². The number of likely N-dealkylation sites (tertiary alicyclic amines) is 1. The Morgan fingerprint density at radius 2 is 1.65 bits per heavy atom. The van der Waals surface area contributed by atoms with Crippen molar-refractivity contribution in [3.63, 3.8) is 0 Å². The van der Waals surface area contributed by atoms with Crippen molar-refractivity contribution in [1.82, 2.24) is 15.5 Å². The number of nitrogens with one attached hydrogen (secondary N) is 3. The summed E-state index contributed by atoms with van der Waals surface area (Å²) in [5, 5.41) is 22.6. The number of carbonyl (C=O) groups excluding carboxylic acids is 2. The molecule has 1 aliphatic heterocycles. The number of aliphatic carboxylic acids is 1. The Bertz CT molecular complexity index is 1330. The molecule has 0 aliphatic carbocycles. The van der Waals surface area contributed by atoms with Crippen molar-refractivity contribution in [2.75, 3.05) is 13.1 Å². The summed E-state index contributed by atoms with van der Waals surface area (Å²) >= 11 is 0. The maximum Gasteiger partial charge on any atom is 0.317 e. The Kier molecular flexibility index (Phi) is 9.23.